The number of hydrogen-bond acceptors (Lipinski definition) is 4. The largest absolute Gasteiger partial charge is 0.338 e. The molecule has 0 saturated carbocycles. The summed E-state index contributed by atoms with van der Waals surface area (Å²) in [6.45, 7) is 2.93. The fourth-order valence-corrected chi connectivity index (χ4v) is 4.19. The highest BCUT2D eigenvalue weighted by molar-refractivity contribution is 7.16. The molecule has 0 spiro atoms. The molecule has 7 heteroatoms. The standard InChI is InChI=1S/C19H20FN3OS2/c1-13-22-17(12-25-13)18-7-6-16(26-18)8-9-21-19(24)23(2)11-14-4-3-5-15(20)10-14/h3-7,10,12H,8-9,11H2,1-2H3,(H,21,24). The van der Waals surface area contributed by atoms with Gasteiger partial charge >= 0.3 is 6.03 Å². The van der Waals surface area contributed by atoms with Gasteiger partial charge in [0.2, 0.25) is 0 Å². The van der Waals surface area contributed by atoms with Crippen molar-refractivity contribution in [3.05, 3.63) is 63.0 Å². The molecule has 2 heterocycles. The number of carbonyl (C=O) groups excluding carboxylic acids is 1. The van der Waals surface area contributed by atoms with E-state index in [1.54, 1.807) is 46.8 Å². The lowest BCUT2D eigenvalue weighted by Gasteiger charge is -2.18. The zero-order valence-electron chi connectivity index (χ0n) is 14.7. The van der Waals surface area contributed by atoms with Crippen LogP contribution in [0.4, 0.5) is 9.18 Å². The van der Waals surface area contributed by atoms with Crippen molar-refractivity contribution in [1.82, 2.24) is 15.2 Å². The van der Waals surface area contributed by atoms with E-state index in [0.717, 1.165) is 27.6 Å². The molecule has 3 rings (SSSR count). The zero-order chi connectivity index (χ0) is 18.5. The summed E-state index contributed by atoms with van der Waals surface area (Å²) in [6, 6.07) is 10.3. The van der Waals surface area contributed by atoms with Gasteiger partial charge in [0.25, 0.3) is 0 Å². The number of aryl methyl sites for hydroxylation is 1. The van der Waals surface area contributed by atoms with Gasteiger partial charge in [-0.05, 0) is 43.2 Å². The second-order valence-electron chi connectivity index (χ2n) is 5.99. The molecule has 0 bridgehead atoms. The van der Waals surface area contributed by atoms with Gasteiger partial charge in [0.1, 0.15) is 5.82 Å². The molecule has 2 amide bonds. The first-order valence-corrected chi connectivity index (χ1v) is 9.95. The molecule has 0 saturated heterocycles. The molecule has 0 aliphatic carbocycles. The molecule has 0 atom stereocenters. The molecule has 1 aromatic carbocycles. The molecule has 3 aromatic rings. The second-order valence-corrected chi connectivity index (χ2v) is 8.22. The van der Waals surface area contributed by atoms with E-state index in [2.05, 4.69) is 27.8 Å². The molecule has 2 aromatic heterocycles. The lowest BCUT2D eigenvalue weighted by atomic mass is 10.2. The first-order chi connectivity index (χ1) is 12.5. The van der Waals surface area contributed by atoms with Crippen LogP contribution in [0.1, 0.15) is 15.4 Å². The van der Waals surface area contributed by atoms with Crippen molar-refractivity contribution in [2.75, 3.05) is 13.6 Å². The number of aromatic nitrogens is 1. The fourth-order valence-electron chi connectivity index (χ4n) is 2.54. The van der Waals surface area contributed by atoms with Crippen LogP contribution in [0.2, 0.25) is 0 Å². The molecule has 136 valence electrons. The summed E-state index contributed by atoms with van der Waals surface area (Å²) in [5, 5.41) is 6.03. The third-order valence-corrected chi connectivity index (χ3v) is 5.78. The van der Waals surface area contributed by atoms with Gasteiger partial charge in [-0.3, -0.25) is 0 Å². The molecule has 0 aliphatic rings. The number of thiophene rings is 1. The number of amides is 2. The van der Waals surface area contributed by atoms with Gasteiger partial charge in [-0.1, -0.05) is 12.1 Å². The zero-order valence-corrected chi connectivity index (χ0v) is 16.3. The Hall–Kier alpha value is -2.25. The number of urea groups is 1. The van der Waals surface area contributed by atoms with Crippen molar-refractivity contribution < 1.29 is 9.18 Å². The topological polar surface area (TPSA) is 45.2 Å². The van der Waals surface area contributed by atoms with E-state index >= 15 is 0 Å². The Balaban J connectivity index is 1.47. The van der Waals surface area contributed by atoms with Gasteiger partial charge in [-0.15, -0.1) is 22.7 Å². The number of hydrogen-bond donors (Lipinski definition) is 1. The minimum Gasteiger partial charge on any atom is -0.338 e. The van der Waals surface area contributed by atoms with Crippen molar-refractivity contribution in [2.45, 2.75) is 19.9 Å². The maximum atomic E-state index is 13.2. The van der Waals surface area contributed by atoms with E-state index in [-0.39, 0.29) is 11.8 Å². The van der Waals surface area contributed by atoms with Gasteiger partial charge in [0.05, 0.1) is 15.6 Å². The summed E-state index contributed by atoms with van der Waals surface area (Å²) in [5.41, 5.74) is 1.78. The molecule has 1 N–H and O–H groups in total. The fraction of sp³-hybridized carbons (Fsp3) is 0.263. The summed E-state index contributed by atoms with van der Waals surface area (Å²) in [4.78, 5) is 20.6. The van der Waals surface area contributed by atoms with Crippen LogP contribution in [-0.4, -0.2) is 29.5 Å². The van der Waals surface area contributed by atoms with Crippen LogP contribution >= 0.6 is 22.7 Å². The van der Waals surface area contributed by atoms with Gasteiger partial charge in [-0.25, -0.2) is 14.2 Å². The van der Waals surface area contributed by atoms with Crippen molar-refractivity contribution in [2.24, 2.45) is 0 Å². The van der Waals surface area contributed by atoms with Gasteiger partial charge in [0.15, 0.2) is 0 Å². The Morgan fingerprint density at radius 3 is 2.88 bits per heavy atom. The maximum absolute atomic E-state index is 13.2. The van der Waals surface area contributed by atoms with Crippen molar-refractivity contribution in [3.63, 3.8) is 0 Å². The number of rotatable bonds is 6. The number of carbonyl (C=O) groups is 1. The molecule has 26 heavy (non-hydrogen) atoms. The molecular formula is C19H20FN3OS2. The van der Waals surface area contributed by atoms with Crippen LogP contribution in [0, 0.1) is 12.7 Å². The first-order valence-electron chi connectivity index (χ1n) is 8.26. The Kier molecular flexibility index (Phi) is 6.00. The Bertz CT molecular complexity index is 890. The molecule has 0 unspecified atom stereocenters. The van der Waals surface area contributed by atoms with E-state index in [1.165, 1.54) is 17.0 Å². The number of benzene rings is 1. The van der Waals surface area contributed by atoms with Crippen LogP contribution in [-0.2, 0) is 13.0 Å². The SMILES string of the molecule is Cc1nc(-c2ccc(CCNC(=O)N(C)Cc3cccc(F)c3)s2)cs1. The average molecular weight is 390 g/mol. The molecule has 0 aliphatic heterocycles. The van der Waals surface area contributed by atoms with E-state index in [9.17, 15) is 9.18 Å². The molecular weight excluding hydrogens is 369 g/mol. The number of nitrogens with zero attached hydrogens (tertiary/aromatic N) is 2. The maximum Gasteiger partial charge on any atom is 0.317 e. The summed E-state index contributed by atoms with van der Waals surface area (Å²) in [5.74, 6) is -0.292. The highest BCUT2D eigenvalue weighted by Gasteiger charge is 2.10. The van der Waals surface area contributed by atoms with Crippen LogP contribution in [0.3, 0.4) is 0 Å². The molecule has 4 nitrogen and oxygen atoms in total. The van der Waals surface area contributed by atoms with Crippen LogP contribution in [0.25, 0.3) is 10.6 Å². The van der Waals surface area contributed by atoms with Crippen molar-refractivity contribution in [3.8, 4) is 10.6 Å². The summed E-state index contributed by atoms with van der Waals surface area (Å²) >= 11 is 3.35. The Labute approximate surface area is 160 Å². The normalized spacial score (nSPS) is 10.7. The Morgan fingerprint density at radius 2 is 2.15 bits per heavy atom. The van der Waals surface area contributed by atoms with E-state index in [0.29, 0.717) is 13.1 Å². The highest BCUT2D eigenvalue weighted by atomic mass is 32.1. The number of halogens is 1. The van der Waals surface area contributed by atoms with Gasteiger partial charge < -0.3 is 10.2 Å². The van der Waals surface area contributed by atoms with Gasteiger partial charge in [-0.2, -0.15) is 0 Å². The first kappa shape index (κ1) is 18.5. The number of thiazole rings is 1. The predicted molar refractivity (Wildman–Crippen MR) is 105 cm³/mol. The molecule has 0 radical (unpaired) electrons. The van der Waals surface area contributed by atoms with Crippen LogP contribution in [0.5, 0.6) is 0 Å². The summed E-state index contributed by atoms with van der Waals surface area (Å²) in [7, 11) is 1.70. The summed E-state index contributed by atoms with van der Waals surface area (Å²) < 4.78 is 13.2. The number of nitrogens with one attached hydrogen (secondary N) is 1. The third kappa shape index (κ3) is 4.89. The lowest BCUT2D eigenvalue weighted by molar-refractivity contribution is 0.207. The molecule has 0 fully saturated rings. The average Bonchev–Trinajstić information content (AvgIpc) is 3.23. The minimum atomic E-state index is -0.292. The lowest BCUT2D eigenvalue weighted by Crippen LogP contribution is -2.37. The second kappa shape index (κ2) is 8.42. The quantitative estimate of drug-likeness (QED) is 0.664. The van der Waals surface area contributed by atoms with Gasteiger partial charge in [0, 0.05) is 30.4 Å². The summed E-state index contributed by atoms with van der Waals surface area (Å²) in [6.07, 6.45) is 0.771. The monoisotopic (exact) mass is 389 g/mol. The third-order valence-electron chi connectivity index (χ3n) is 3.84. The Morgan fingerprint density at radius 1 is 1.31 bits per heavy atom. The smallest absolute Gasteiger partial charge is 0.317 e. The highest BCUT2D eigenvalue weighted by Crippen LogP contribution is 2.29. The van der Waals surface area contributed by atoms with E-state index in [1.807, 2.05) is 6.92 Å². The van der Waals surface area contributed by atoms with Crippen LogP contribution < -0.4 is 5.32 Å². The van der Waals surface area contributed by atoms with E-state index < -0.39 is 0 Å². The van der Waals surface area contributed by atoms with E-state index in [4.69, 9.17) is 0 Å². The minimum absolute atomic E-state index is 0.166. The van der Waals surface area contributed by atoms with Crippen molar-refractivity contribution >= 4 is 28.7 Å². The predicted octanol–water partition coefficient (Wildman–Crippen LogP) is 4.70. The van der Waals surface area contributed by atoms with Crippen LogP contribution in [0.15, 0.2) is 41.8 Å². The van der Waals surface area contributed by atoms with Crippen molar-refractivity contribution in [1.29, 1.82) is 0 Å².